The fourth-order valence-corrected chi connectivity index (χ4v) is 2.65. The van der Waals surface area contributed by atoms with Crippen LogP contribution in [0.1, 0.15) is 43.5 Å². The van der Waals surface area contributed by atoms with Crippen LogP contribution in [0, 0.1) is 0 Å². The molecule has 0 amide bonds. The number of fused-ring (bicyclic) bond motifs is 1. The molecule has 0 saturated carbocycles. The van der Waals surface area contributed by atoms with E-state index < -0.39 is 5.97 Å². The first kappa shape index (κ1) is 19.6. The Labute approximate surface area is 153 Å². The molecule has 0 saturated heterocycles. The van der Waals surface area contributed by atoms with Gasteiger partial charge >= 0.3 is 5.97 Å². The van der Waals surface area contributed by atoms with Crippen molar-refractivity contribution in [1.82, 2.24) is 9.58 Å². The molecule has 0 N–H and O–H groups in total. The first-order valence-corrected chi connectivity index (χ1v) is 8.91. The van der Waals surface area contributed by atoms with Crippen molar-refractivity contribution < 1.29 is 9.53 Å². The second-order valence-electron chi connectivity index (χ2n) is 6.23. The fourth-order valence-electron chi connectivity index (χ4n) is 2.65. The summed E-state index contributed by atoms with van der Waals surface area (Å²) < 4.78 is 6.97. The van der Waals surface area contributed by atoms with E-state index >= 15 is 0 Å². The molecule has 0 aliphatic rings. The monoisotopic (exact) mass is 358 g/mol. The predicted molar refractivity (Wildman–Crippen MR) is 102 cm³/mol. The number of nitrogens with zero attached hydrogens (tertiary/aromatic N) is 4. The standard InChI is InChI=1S/C19H26N4O3/c1-5-7-8-11-23-13-16(19(25)26-6-2)18(24)15-10-9-14(12-17(15)23)20-21-22(3)4/h9-10,12-13H,5-8,11H2,1-4H3. The van der Waals surface area contributed by atoms with E-state index in [1.165, 1.54) is 0 Å². The minimum Gasteiger partial charge on any atom is -0.462 e. The Bertz CT molecular complexity index is 856. The van der Waals surface area contributed by atoms with Crippen molar-refractivity contribution in [2.45, 2.75) is 39.7 Å². The SMILES string of the molecule is CCCCCn1cc(C(=O)OCC)c(=O)c2ccc(N=NN(C)C)cc21. The summed E-state index contributed by atoms with van der Waals surface area (Å²) in [5, 5.41) is 10.2. The lowest BCUT2D eigenvalue weighted by Crippen LogP contribution is -2.21. The lowest BCUT2D eigenvalue weighted by molar-refractivity contribution is 0.0524. The van der Waals surface area contributed by atoms with Gasteiger partial charge in [0.2, 0.25) is 5.43 Å². The number of hydrogen-bond acceptors (Lipinski definition) is 5. The minimum absolute atomic E-state index is 0.0681. The Hall–Kier alpha value is -2.70. The number of unbranched alkanes of at least 4 members (excludes halogenated alkanes) is 2. The second kappa shape index (κ2) is 9.12. The van der Waals surface area contributed by atoms with Crippen LogP contribution in [0.5, 0.6) is 0 Å². The summed E-state index contributed by atoms with van der Waals surface area (Å²) in [5.41, 5.74) is 1.15. The van der Waals surface area contributed by atoms with Gasteiger partial charge in [0.15, 0.2) is 0 Å². The highest BCUT2D eigenvalue weighted by Crippen LogP contribution is 2.21. The molecule has 1 aromatic heterocycles. The highest BCUT2D eigenvalue weighted by Gasteiger charge is 2.16. The number of ether oxygens (including phenoxy) is 1. The van der Waals surface area contributed by atoms with Crippen molar-refractivity contribution in [1.29, 1.82) is 0 Å². The third-order valence-corrected chi connectivity index (χ3v) is 3.90. The van der Waals surface area contributed by atoms with Crippen molar-refractivity contribution in [2.24, 2.45) is 10.3 Å². The van der Waals surface area contributed by atoms with Gasteiger partial charge in [0.1, 0.15) is 5.56 Å². The summed E-state index contributed by atoms with van der Waals surface area (Å²) in [5.74, 6) is -0.583. The molecule has 1 aromatic carbocycles. The second-order valence-corrected chi connectivity index (χ2v) is 6.23. The van der Waals surface area contributed by atoms with Crippen molar-refractivity contribution in [3.8, 4) is 0 Å². The van der Waals surface area contributed by atoms with Gasteiger partial charge in [-0.05, 0) is 31.5 Å². The molecule has 0 atom stereocenters. The molecule has 0 bridgehead atoms. The maximum atomic E-state index is 12.7. The van der Waals surface area contributed by atoms with Gasteiger partial charge < -0.3 is 9.30 Å². The fraction of sp³-hybridized carbons (Fsp3) is 0.474. The third-order valence-electron chi connectivity index (χ3n) is 3.90. The van der Waals surface area contributed by atoms with E-state index in [0.717, 1.165) is 24.8 Å². The van der Waals surface area contributed by atoms with Crippen LogP contribution in [-0.2, 0) is 11.3 Å². The minimum atomic E-state index is -0.583. The first-order chi connectivity index (χ1) is 12.5. The van der Waals surface area contributed by atoms with Crippen molar-refractivity contribution in [3.05, 3.63) is 40.2 Å². The van der Waals surface area contributed by atoms with Crippen LogP contribution in [0.25, 0.3) is 10.9 Å². The van der Waals surface area contributed by atoms with Crippen LogP contribution < -0.4 is 5.43 Å². The summed E-state index contributed by atoms with van der Waals surface area (Å²) in [6.07, 6.45) is 4.72. The highest BCUT2D eigenvalue weighted by molar-refractivity contribution is 5.94. The van der Waals surface area contributed by atoms with Gasteiger partial charge in [0.25, 0.3) is 0 Å². The van der Waals surface area contributed by atoms with Crippen LogP contribution in [0.3, 0.4) is 0 Å². The summed E-state index contributed by atoms with van der Waals surface area (Å²) in [7, 11) is 3.58. The van der Waals surface area contributed by atoms with Crippen LogP contribution in [0.15, 0.2) is 39.5 Å². The van der Waals surface area contributed by atoms with E-state index in [2.05, 4.69) is 17.3 Å². The van der Waals surface area contributed by atoms with Gasteiger partial charge in [-0.1, -0.05) is 25.0 Å². The van der Waals surface area contributed by atoms with E-state index in [1.54, 1.807) is 44.4 Å². The van der Waals surface area contributed by atoms with Crippen LogP contribution >= 0.6 is 0 Å². The predicted octanol–water partition coefficient (Wildman–Crippen LogP) is 3.93. The zero-order valence-electron chi connectivity index (χ0n) is 15.9. The number of rotatable bonds is 8. The molecule has 0 radical (unpaired) electrons. The number of benzene rings is 1. The van der Waals surface area contributed by atoms with Gasteiger partial charge in [-0.15, -0.1) is 5.11 Å². The van der Waals surface area contributed by atoms with Crippen molar-refractivity contribution in [2.75, 3.05) is 20.7 Å². The maximum Gasteiger partial charge on any atom is 0.343 e. The normalized spacial score (nSPS) is 11.2. The van der Waals surface area contributed by atoms with Gasteiger partial charge in [0, 0.05) is 32.2 Å². The zero-order valence-corrected chi connectivity index (χ0v) is 15.9. The Morgan fingerprint density at radius 2 is 2.00 bits per heavy atom. The van der Waals surface area contributed by atoms with Gasteiger partial charge in [-0.3, -0.25) is 9.80 Å². The molecular formula is C19H26N4O3. The summed E-state index contributed by atoms with van der Waals surface area (Å²) in [6.45, 7) is 4.80. The number of hydrogen-bond donors (Lipinski definition) is 0. The molecule has 0 aliphatic carbocycles. The van der Waals surface area contributed by atoms with Gasteiger partial charge in [-0.2, -0.15) is 0 Å². The van der Waals surface area contributed by atoms with Gasteiger partial charge in [-0.25, -0.2) is 4.79 Å². The molecule has 2 rings (SSSR count). The molecule has 1 heterocycles. The van der Waals surface area contributed by atoms with E-state index in [-0.39, 0.29) is 17.6 Å². The zero-order chi connectivity index (χ0) is 19.1. The third kappa shape index (κ3) is 4.68. The summed E-state index contributed by atoms with van der Waals surface area (Å²) >= 11 is 0. The summed E-state index contributed by atoms with van der Waals surface area (Å²) in [4.78, 5) is 24.9. The Morgan fingerprint density at radius 3 is 2.65 bits per heavy atom. The van der Waals surface area contributed by atoms with E-state index in [0.29, 0.717) is 17.6 Å². The average molecular weight is 358 g/mol. The number of aromatic nitrogens is 1. The molecule has 140 valence electrons. The van der Waals surface area contributed by atoms with Crippen molar-refractivity contribution >= 4 is 22.6 Å². The largest absolute Gasteiger partial charge is 0.462 e. The topological polar surface area (TPSA) is 76.3 Å². The molecule has 7 nitrogen and oxygen atoms in total. The summed E-state index contributed by atoms with van der Waals surface area (Å²) in [6, 6.07) is 5.24. The lowest BCUT2D eigenvalue weighted by atomic mass is 10.1. The van der Waals surface area contributed by atoms with Crippen LogP contribution in [0.2, 0.25) is 0 Å². The number of aryl methyl sites for hydroxylation is 1. The highest BCUT2D eigenvalue weighted by atomic mass is 16.5. The molecule has 7 heteroatoms. The maximum absolute atomic E-state index is 12.7. The van der Waals surface area contributed by atoms with Crippen molar-refractivity contribution in [3.63, 3.8) is 0 Å². The number of esters is 1. The van der Waals surface area contributed by atoms with Gasteiger partial charge in [0.05, 0.1) is 17.8 Å². The molecule has 0 unspecified atom stereocenters. The Morgan fingerprint density at radius 1 is 1.23 bits per heavy atom. The molecular weight excluding hydrogens is 332 g/mol. The lowest BCUT2D eigenvalue weighted by Gasteiger charge is -2.13. The number of carbonyl (C=O) groups excluding carboxylic acids is 1. The van der Waals surface area contributed by atoms with Crippen LogP contribution in [0.4, 0.5) is 5.69 Å². The molecule has 2 aromatic rings. The first-order valence-electron chi connectivity index (χ1n) is 8.91. The molecule has 26 heavy (non-hydrogen) atoms. The van der Waals surface area contributed by atoms with E-state index in [4.69, 9.17) is 4.74 Å². The Kier molecular flexibility index (Phi) is 6.89. The molecule has 0 aliphatic heterocycles. The molecule has 0 spiro atoms. The average Bonchev–Trinajstić information content (AvgIpc) is 2.62. The van der Waals surface area contributed by atoms with E-state index in [1.807, 2.05) is 10.6 Å². The van der Waals surface area contributed by atoms with E-state index in [9.17, 15) is 9.59 Å². The number of pyridine rings is 1. The number of carbonyl (C=O) groups is 1. The quantitative estimate of drug-likeness (QED) is 0.310. The van der Waals surface area contributed by atoms with Crippen LogP contribution in [-0.4, -0.2) is 36.2 Å². The molecule has 0 fully saturated rings. The smallest absolute Gasteiger partial charge is 0.343 e. The Balaban J connectivity index is 2.58.